The van der Waals surface area contributed by atoms with Gasteiger partial charge in [0.1, 0.15) is 5.58 Å². The molecule has 30 heavy (non-hydrogen) atoms. The number of benzene rings is 3. The van der Waals surface area contributed by atoms with E-state index in [2.05, 4.69) is 15.5 Å². The molecule has 1 amide bonds. The molecule has 0 radical (unpaired) electrons. The average Bonchev–Trinajstić information content (AvgIpc) is 3.42. The fourth-order valence-corrected chi connectivity index (χ4v) is 3.42. The quantitative estimate of drug-likeness (QED) is 0.439. The summed E-state index contributed by atoms with van der Waals surface area (Å²) in [4.78, 5) is 13.1. The zero-order valence-corrected chi connectivity index (χ0v) is 15.9. The number of nitrogens with zero attached hydrogens (tertiary/aromatic N) is 2. The molecular weight excluding hydrogens is 378 g/mol. The molecule has 0 fully saturated rings. The predicted molar refractivity (Wildman–Crippen MR) is 113 cm³/mol. The molecule has 5 aromatic rings. The predicted octanol–water partition coefficient (Wildman–Crippen LogP) is 5.25. The highest BCUT2D eigenvalue weighted by Crippen LogP contribution is 2.29. The Morgan fingerprint density at radius 2 is 1.40 bits per heavy atom. The lowest BCUT2D eigenvalue weighted by Gasteiger charge is -2.16. The molecule has 0 unspecified atom stereocenters. The van der Waals surface area contributed by atoms with Crippen molar-refractivity contribution < 1.29 is 13.6 Å². The second-order valence-electron chi connectivity index (χ2n) is 6.80. The molecule has 0 aliphatic carbocycles. The SMILES string of the molecule is O=C(Nc1nnc(-c2cc3ccccc3o2)o1)C(c1ccccc1)c1ccccc1. The smallest absolute Gasteiger partial charge is 0.322 e. The number of rotatable bonds is 5. The number of fused-ring (bicyclic) bond motifs is 1. The van der Waals surface area contributed by atoms with Gasteiger partial charge in [-0.15, -0.1) is 5.10 Å². The molecule has 0 spiro atoms. The third kappa shape index (κ3) is 3.46. The molecule has 0 aliphatic heterocycles. The summed E-state index contributed by atoms with van der Waals surface area (Å²) in [6.45, 7) is 0. The topological polar surface area (TPSA) is 81.2 Å². The van der Waals surface area contributed by atoms with Crippen LogP contribution in [0.1, 0.15) is 17.0 Å². The summed E-state index contributed by atoms with van der Waals surface area (Å²) in [6.07, 6.45) is 0. The number of carbonyl (C=O) groups is 1. The van der Waals surface area contributed by atoms with E-state index >= 15 is 0 Å². The van der Waals surface area contributed by atoms with E-state index in [4.69, 9.17) is 8.83 Å². The number of nitrogens with one attached hydrogen (secondary N) is 1. The van der Waals surface area contributed by atoms with E-state index in [1.54, 1.807) is 0 Å². The van der Waals surface area contributed by atoms with Crippen LogP contribution >= 0.6 is 0 Å². The van der Waals surface area contributed by atoms with Gasteiger partial charge in [-0.2, -0.15) is 0 Å². The van der Waals surface area contributed by atoms with Crippen molar-refractivity contribution >= 4 is 22.9 Å². The Bertz CT molecular complexity index is 1220. The maximum Gasteiger partial charge on any atom is 0.322 e. The van der Waals surface area contributed by atoms with Gasteiger partial charge in [0.15, 0.2) is 5.76 Å². The minimum atomic E-state index is -0.506. The van der Waals surface area contributed by atoms with Crippen LogP contribution in [0.3, 0.4) is 0 Å². The number of amides is 1. The van der Waals surface area contributed by atoms with Crippen molar-refractivity contribution in [1.82, 2.24) is 10.2 Å². The molecule has 0 saturated carbocycles. The molecule has 1 N–H and O–H groups in total. The molecule has 5 rings (SSSR count). The van der Waals surface area contributed by atoms with Gasteiger partial charge in [-0.3, -0.25) is 10.1 Å². The number of para-hydroxylation sites is 1. The largest absolute Gasteiger partial charge is 0.451 e. The minimum Gasteiger partial charge on any atom is -0.451 e. The lowest BCUT2D eigenvalue weighted by Crippen LogP contribution is -2.22. The standard InChI is InChI=1S/C24H17N3O3/c28-22(21(16-9-3-1-4-10-16)17-11-5-2-6-12-17)25-24-27-26-23(30-24)20-15-18-13-7-8-14-19(18)29-20/h1-15,21H,(H,25,27,28). The zero-order chi connectivity index (χ0) is 20.3. The van der Waals surface area contributed by atoms with Gasteiger partial charge in [0, 0.05) is 5.39 Å². The Hall–Kier alpha value is -4.19. The first-order valence-electron chi connectivity index (χ1n) is 9.51. The van der Waals surface area contributed by atoms with E-state index in [-0.39, 0.29) is 17.8 Å². The van der Waals surface area contributed by atoms with Crippen LogP contribution in [0, 0.1) is 0 Å². The molecule has 146 valence electrons. The van der Waals surface area contributed by atoms with Crippen LogP contribution in [0.5, 0.6) is 0 Å². The number of carbonyl (C=O) groups excluding carboxylic acids is 1. The molecule has 3 aromatic carbocycles. The third-order valence-corrected chi connectivity index (χ3v) is 4.82. The molecule has 2 heterocycles. The third-order valence-electron chi connectivity index (χ3n) is 4.82. The molecular formula is C24H17N3O3. The van der Waals surface area contributed by atoms with Crippen LogP contribution in [0.4, 0.5) is 6.01 Å². The molecule has 6 heteroatoms. The number of hydrogen-bond donors (Lipinski definition) is 1. The fraction of sp³-hybridized carbons (Fsp3) is 0.0417. The van der Waals surface area contributed by atoms with Crippen LogP contribution in [0.2, 0.25) is 0 Å². The van der Waals surface area contributed by atoms with Crippen molar-refractivity contribution in [1.29, 1.82) is 0 Å². The number of furan rings is 1. The Balaban J connectivity index is 1.42. The van der Waals surface area contributed by atoms with Gasteiger partial charge in [0.05, 0.1) is 5.92 Å². The molecule has 0 saturated heterocycles. The van der Waals surface area contributed by atoms with Crippen molar-refractivity contribution in [3.8, 4) is 11.7 Å². The van der Waals surface area contributed by atoms with Crippen molar-refractivity contribution in [2.75, 3.05) is 5.32 Å². The first-order chi connectivity index (χ1) is 14.8. The number of aromatic nitrogens is 2. The summed E-state index contributed by atoms with van der Waals surface area (Å²) in [5, 5.41) is 11.7. The van der Waals surface area contributed by atoms with Gasteiger partial charge in [0.25, 0.3) is 5.89 Å². The Kier molecular flexibility index (Phi) is 4.57. The molecule has 0 atom stereocenters. The van der Waals surface area contributed by atoms with Crippen molar-refractivity contribution in [3.05, 3.63) is 102 Å². The summed E-state index contributed by atoms with van der Waals surface area (Å²) in [5.41, 5.74) is 2.47. The Morgan fingerprint density at radius 1 is 0.767 bits per heavy atom. The maximum absolute atomic E-state index is 13.1. The van der Waals surface area contributed by atoms with E-state index in [1.165, 1.54) is 0 Å². The average molecular weight is 395 g/mol. The highest BCUT2D eigenvalue weighted by atomic mass is 16.4. The number of hydrogen-bond acceptors (Lipinski definition) is 5. The van der Waals surface area contributed by atoms with E-state index in [1.807, 2.05) is 91.0 Å². The van der Waals surface area contributed by atoms with Gasteiger partial charge in [-0.25, -0.2) is 0 Å². The number of anilines is 1. The van der Waals surface area contributed by atoms with E-state index in [0.717, 1.165) is 22.1 Å². The van der Waals surface area contributed by atoms with Crippen molar-refractivity contribution in [3.63, 3.8) is 0 Å². The summed E-state index contributed by atoms with van der Waals surface area (Å²) in [6, 6.07) is 28.6. The van der Waals surface area contributed by atoms with Crippen molar-refractivity contribution in [2.24, 2.45) is 0 Å². The van der Waals surface area contributed by atoms with E-state index in [0.29, 0.717) is 5.76 Å². The van der Waals surface area contributed by atoms with Crippen LogP contribution in [-0.2, 0) is 4.79 Å². The lowest BCUT2D eigenvalue weighted by atomic mass is 9.90. The minimum absolute atomic E-state index is 0.0207. The first kappa shape index (κ1) is 17.9. The molecule has 0 aliphatic rings. The Morgan fingerprint density at radius 3 is 2.07 bits per heavy atom. The zero-order valence-electron chi connectivity index (χ0n) is 15.9. The normalized spacial score (nSPS) is 11.1. The Labute approximate surface area is 172 Å². The van der Waals surface area contributed by atoms with Gasteiger partial charge in [-0.05, 0) is 23.3 Å². The first-order valence-corrected chi connectivity index (χ1v) is 9.51. The van der Waals surface area contributed by atoms with E-state index in [9.17, 15) is 4.79 Å². The summed E-state index contributed by atoms with van der Waals surface area (Å²) >= 11 is 0. The van der Waals surface area contributed by atoms with Crippen LogP contribution in [0.15, 0.2) is 99.8 Å². The summed E-state index contributed by atoms with van der Waals surface area (Å²) in [7, 11) is 0. The van der Waals surface area contributed by atoms with Gasteiger partial charge >= 0.3 is 6.01 Å². The second kappa shape index (κ2) is 7.67. The van der Waals surface area contributed by atoms with Crippen LogP contribution in [-0.4, -0.2) is 16.1 Å². The van der Waals surface area contributed by atoms with Crippen LogP contribution in [0.25, 0.3) is 22.6 Å². The van der Waals surface area contributed by atoms with Crippen molar-refractivity contribution in [2.45, 2.75) is 5.92 Å². The maximum atomic E-state index is 13.1. The van der Waals surface area contributed by atoms with Gasteiger partial charge < -0.3 is 8.83 Å². The lowest BCUT2D eigenvalue weighted by molar-refractivity contribution is -0.116. The highest BCUT2D eigenvalue weighted by Gasteiger charge is 2.24. The second-order valence-corrected chi connectivity index (χ2v) is 6.80. The summed E-state index contributed by atoms with van der Waals surface area (Å²) in [5.74, 6) is -0.106. The summed E-state index contributed by atoms with van der Waals surface area (Å²) < 4.78 is 11.4. The monoisotopic (exact) mass is 395 g/mol. The fourth-order valence-electron chi connectivity index (χ4n) is 3.42. The van der Waals surface area contributed by atoms with Gasteiger partial charge in [-0.1, -0.05) is 84.0 Å². The highest BCUT2D eigenvalue weighted by molar-refractivity contribution is 5.96. The van der Waals surface area contributed by atoms with E-state index < -0.39 is 5.92 Å². The molecule has 0 bridgehead atoms. The molecule has 2 aromatic heterocycles. The van der Waals surface area contributed by atoms with Crippen LogP contribution < -0.4 is 5.32 Å². The van der Waals surface area contributed by atoms with Gasteiger partial charge in [0.2, 0.25) is 5.91 Å². The molecule has 6 nitrogen and oxygen atoms in total.